The molecule has 2 rings (SSSR count). The minimum absolute atomic E-state index is 0.0847. The Hall–Kier alpha value is -1.89. The van der Waals surface area contributed by atoms with Crippen LogP contribution in [-0.2, 0) is 9.53 Å². The molecule has 1 aliphatic rings. The zero-order valence-electron chi connectivity index (χ0n) is 14.0. The molecule has 1 unspecified atom stereocenters. The Kier molecular flexibility index (Phi) is 5.09. The smallest absolute Gasteiger partial charge is 0.360 e. The first-order valence-electron chi connectivity index (χ1n) is 7.83. The number of aliphatic hydroxyl groups excluding tert-OH is 1. The Balaban J connectivity index is 2.26. The quantitative estimate of drug-likeness (QED) is 0.832. The lowest BCUT2D eigenvalue weighted by Gasteiger charge is -2.33. The Morgan fingerprint density at radius 2 is 2.26 bits per heavy atom. The molecular weight excluding hydrogens is 300 g/mol. The number of nitrogens with zero attached hydrogens (tertiary/aromatic N) is 2. The van der Waals surface area contributed by atoms with E-state index >= 15 is 0 Å². The molecule has 128 valence electrons. The second-order valence-electron chi connectivity index (χ2n) is 6.49. The van der Waals surface area contributed by atoms with E-state index in [1.807, 2.05) is 20.8 Å². The van der Waals surface area contributed by atoms with Gasteiger partial charge in [-0.1, -0.05) is 20.8 Å². The summed E-state index contributed by atoms with van der Waals surface area (Å²) in [5.41, 5.74) is -0.432. The van der Waals surface area contributed by atoms with Crippen LogP contribution >= 0.6 is 0 Å². The first kappa shape index (κ1) is 17.5. The van der Waals surface area contributed by atoms with Gasteiger partial charge >= 0.3 is 5.97 Å². The van der Waals surface area contributed by atoms with Crippen molar-refractivity contribution in [3.8, 4) is 0 Å². The molecule has 23 heavy (non-hydrogen) atoms. The molecule has 0 aromatic carbocycles. The maximum Gasteiger partial charge on any atom is 0.360 e. The summed E-state index contributed by atoms with van der Waals surface area (Å²) in [7, 11) is 1.27. The van der Waals surface area contributed by atoms with Crippen LogP contribution < -0.4 is 0 Å². The summed E-state index contributed by atoms with van der Waals surface area (Å²) in [6.07, 6.45) is 2.18. The molecule has 0 radical (unpaired) electrons. The number of aromatic nitrogens is 1. The first-order valence-corrected chi connectivity index (χ1v) is 7.83. The van der Waals surface area contributed by atoms with Crippen LogP contribution in [0.1, 0.15) is 62.3 Å². The number of hydrogen-bond donors (Lipinski definition) is 1. The van der Waals surface area contributed by atoms with Crippen LogP contribution in [0.3, 0.4) is 0 Å². The fourth-order valence-corrected chi connectivity index (χ4v) is 2.73. The molecule has 7 nitrogen and oxygen atoms in total. The summed E-state index contributed by atoms with van der Waals surface area (Å²) in [5.74, 6) is -0.613. The molecule has 7 heteroatoms. The van der Waals surface area contributed by atoms with Gasteiger partial charge in [-0.15, -0.1) is 0 Å². The zero-order valence-corrected chi connectivity index (χ0v) is 14.0. The average Bonchev–Trinajstić information content (AvgIpc) is 3.20. The zero-order chi connectivity index (χ0) is 17.2. The minimum Gasteiger partial charge on any atom is -0.464 e. The van der Waals surface area contributed by atoms with Gasteiger partial charge in [-0.2, -0.15) is 0 Å². The normalized spacial score (nSPS) is 19.7. The summed E-state index contributed by atoms with van der Waals surface area (Å²) in [4.78, 5) is 29.9. The summed E-state index contributed by atoms with van der Waals surface area (Å²) in [5, 5.41) is 10.4. The lowest BCUT2D eigenvalue weighted by molar-refractivity contribution is -0.148. The second kappa shape index (κ2) is 6.70. The number of aliphatic hydroxyl groups is 1. The van der Waals surface area contributed by atoms with E-state index in [0.717, 1.165) is 6.42 Å². The van der Waals surface area contributed by atoms with Crippen molar-refractivity contribution >= 4 is 11.9 Å². The molecule has 1 fully saturated rings. The topological polar surface area (TPSA) is 92.9 Å². The van der Waals surface area contributed by atoms with Crippen molar-refractivity contribution in [2.24, 2.45) is 5.41 Å². The van der Waals surface area contributed by atoms with Gasteiger partial charge in [0.25, 0.3) is 5.91 Å². The highest BCUT2D eigenvalue weighted by atomic mass is 16.5. The summed E-state index contributed by atoms with van der Waals surface area (Å²) in [6.45, 7) is 6.16. The van der Waals surface area contributed by atoms with Crippen molar-refractivity contribution in [2.45, 2.75) is 52.2 Å². The number of rotatable bonds is 5. The van der Waals surface area contributed by atoms with Crippen LogP contribution in [0.4, 0.5) is 0 Å². The Morgan fingerprint density at radius 3 is 2.87 bits per heavy atom. The largest absolute Gasteiger partial charge is 0.464 e. The third kappa shape index (κ3) is 3.24. The van der Waals surface area contributed by atoms with Crippen LogP contribution in [0, 0.1) is 5.41 Å². The maximum absolute atomic E-state index is 12.7. The van der Waals surface area contributed by atoms with Gasteiger partial charge in [0.1, 0.15) is 6.10 Å². The van der Waals surface area contributed by atoms with Gasteiger partial charge in [0, 0.05) is 6.54 Å². The van der Waals surface area contributed by atoms with Gasteiger partial charge in [0.15, 0.2) is 17.8 Å². The molecule has 0 spiro atoms. The molecule has 1 N–H and O–H groups in total. The SMILES string of the molecule is CCC(C)(C)C(O)C(=O)N1CCC[C@H]1c1ocnc1C(=O)OC. The second-order valence-corrected chi connectivity index (χ2v) is 6.49. The Morgan fingerprint density at radius 1 is 1.57 bits per heavy atom. The first-order chi connectivity index (χ1) is 10.8. The molecule has 1 amide bonds. The maximum atomic E-state index is 12.7. The highest BCUT2D eigenvalue weighted by molar-refractivity contribution is 5.89. The van der Waals surface area contributed by atoms with Crippen molar-refractivity contribution in [1.29, 1.82) is 0 Å². The van der Waals surface area contributed by atoms with E-state index in [4.69, 9.17) is 9.15 Å². The van der Waals surface area contributed by atoms with Gasteiger partial charge < -0.3 is 19.2 Å². The van der Waals surface area contributed by atoms with Gasteiger partial charge in [-0.05, 0) is 24.7 Å². The monoisotopic (exact) mass is 324 g/mol. The third-order valence-electron chi connectivity index (χ3n) is 4.70. The number of amides is 1. The highest BCUT2D eigenvalue weighted by Crippen LogP contribution is 2.36. The molecule has 2 heterocycles. The van der Waals surface area contributed by atoms with Crippen molar-refractivity contribution < 1.29 is 23.8 Å². The molecule has 0 aliphatic carbocycles. The fraction of sp³-hybridized carbons (Fsp3) is 0.688. The number of hydrogen-bond acceptors (Lipinski definition) is 6. The number of oxazole rings is 1. The highest BCUT2D eigenvalue weighted by Gasteiger charge is 2.41. The molecule has 2 atom stereocenters. The van der Waals surface area contributed by atoms with E-state index < -0.39 is 23.5 Å². The number of likely N-dealkylation sites (tertiary alicyclic amines) is 1. The van der Waals surface area contributed by atoms with Crippen molar-refractivity contribution in [2.75, 3.05) is 13.7 Å². The fourth-order valence-electron chi connectivity index (χ4n) is 2.73. The lowest BCUT2D eigenvalue weighted by atomic mass is 9.83. The molecule has 0 bridgehead atoms. The van der Waals surface area contributed by atoms with Crippen LogP contribution in [0.15, 0.2) is 10.8 Å². The van der Waals surface area contributed by atoms with E-state index in [9.17, 15) is 14.7 Å². The van der Waals surface area contributed by atoms with E-state index in [1.54, 1.807) is 4.90 Å². The number of methoxy groups -OCH3 is 1. The summed E-state index contributed by atoms with van der Waals surface area (Å²) >= 11 is 0. The average molecular weight is 324 g/mol. The van der Waals surface area contributed by atoms with Crippen molar-refractivity contribution in [3.05, 3.63) is 17.8 Å². The lowest BCUT2D eigenvalue weighted by Crippen LogP contribution is -2.45. The molecule has 1 saturated heterocycles. The molecule has 0 saturated carbocycles. The molecule has 1 aliphatic heterocycles. The Bertz CT molecular complexity index is 581. The van der Waals surface area contributed by atoms with Crippen LogP contribution in [0.5, 0.6) is 0 Å². The van der Waals surface area contributed by atoms with E-state index in [-0.39, 0.29) is 11.6 Å². The van der Waals surface area contributed by atoms with Gasteiger partial charge in [0.2, 0.25) is 0 Å². The molecular formula is C16H24N2O5. The standard InChI is InChI=1S/C16H24N2O5/c1-5-16(2,3)13(19)14(20)18-8-6-7-10(18)12-11(15(21)22-4)17-9-23-12/h9-10,13,19H,5-8H2,1-4H3/t10-,13?/m0/s1. The van der Waals surface area contributed by atoms with Crippen molar-refractivity contribution in [3.63, 3.8) is 0 Å². The third-order valence-corrected chi connectivity index (χ3v) is 4.70. The van der Waals surface area contributed by atoms with Gasteiger partial charge in [-0.3, -0.25) is 4.79 Å². The summed E-state index contributed by atoms with van der Waals surface area (Å²) < 4.78 is 10.1. The van der Waals surface area contributed by atoms with E-state index in [0.29, 0.717) is 25.1 Å². The van der Waals surface area contributed by atoms with E-state index in [2.05, 4.69) is 4.98 Å². The van der Waals surface area contributed by atoms with Gasteiger partial charge in [-0.25, -0.2) is 9.78 Å². The number of ether oxygens (including phenoxy) is 1. The number of carbonyl (C=O) groups excluding carboxylic acids is 2. The number of carbonyl (C=O) groups is 2. The predicted octanol–water partition coefficient (Wildman–Crippen LogP) is 1.92. The van der Waals surface area contributed by atoms with Crippen LogP contribution in [0.2, 0.25) is 0 Å². The van der Waals surface area contributed by atoms with E-state index in [1.165, 1.54) is 13.5 Å². The molecule has 1 aromatic rings. The Labute approximate surface area is 135 Å². The summed E-state index contributed by atoms with van der Waals surface area (Å²) in [6, 6.07) is -0.401. The van der Waals surface area contributed by atoms with Gasteiger partial charge in [0.05, 0.1) is 13.2 Å². The van der Waals surface area contributed by atoms with Crippen molar-refractivity contribution in [1.82, 2.24) is 9.88 Å². The predicted molar refractivity (Wildman–Crippen MR) is 81.6 cm³/mol. The van der Waals surface area contributed by atoms with Crippen LogP contribution in [0.25, 0.3) is 0 Å². The molecule has 1 aromatic heterocycles. The number of esters is 1. The minimum atomic E-state index is -1.10. The van der Waals surface area contributed by atoms with Crippen LogP contribution in [-0.4, -0.2) is 46.6 Å².